The number of rotatable bonds is 6. The van der Waals surface area contributed by atoms with Gasteiger partial charge < -0.3 is 19.7 Å². The fraction of sp³-hybridized carbons (Fsp3) is 0.600. The van der Waals surface area contributed by atoms with Crippen LogP contribution in [0.3, 0.4) is 0 Å². The maximum atomic E-state index is 5.72. The van der Waals surface area contributed by atoms with E-state index in [1.165, 1.54) is 11.1 Å². The largest absolute Gasteiger partial charge is 0.380 e. The second-order valence-electron chi connectivity index (χ2n) is 5.14. The minimum Gasteiger partial charge on any atom is -0.380 e. The first kappa shape index (κ1) is 14.5. The van der Waals surface area contributed by atoms with Gasteiger partial charge in [-0.1, -0.05) is 24.3 Å². The zero-order valence-electron chi connectivity index (χ0n) is 11.9. The third-order valence-electron chi connectivity index (χ3n) is 3.35. The molecule has 4 heteroatoms. The Morgan fingerprint density at radius 2 is 2.26 bits per heavy atom. The van der Waals surface area contributed by atoms with Crippen LogP contribution >= 0.6 is 0 Å². The molecule has 19 heavy (non-hydrogen) atoms. The first-order valence-electron chi connectivity index (χ1n) is 6.85. The third-order valence-corrected chi connectivity index (χ3v) is 3.35. The lowest BCUT2D eigenvalue weighted by Gasteiger charge is -2.30. The van der Waals surface area contributed by atoms with Gasteiger partial charge in [-0.15, -0.1) is 0 Å². The van der Waals surface area contributed by atoms with E-state index in [1.807, 2.05) is 0 Å². The highest BCUT2D eigenvalue weighted by atomic mass is 16.5. The number of nitrogens with one attached hydrogen (secondary N) is 1. The van der Waals surface area contributed by atoms with Gasteiger partial charge >= 0.3 is 0 Å². The van der Waals surface area contributed by atoms with Crippen molar-refractivity contribution in [3.8, 4) is 0 Å². The predicted octanol–water partition coefficient (Wildman–Crippen LogP) is 1.25. The van der Waals surface area contributed by atoms with Gasteiger partial charge in [0.25, 0.3) is 0 Å². The van der Waals surface area contributed by atoms with Gasteiger partial charge in [0.15, 0.2) is 0 Å². The predicted molar refractivity (Wildman–Crippen MR) is 76.1 cm³/mol. The number of likely N-dealkylation sites (N-methyl/N-ethyl adjacent to an activating group) is 1. The van der Waals surface area contributed by atoms with Crippen LogP contribution in [0.1, 0.15) is 11.1 Å². The van der Waals surface area contributed by atoms with E-state index >= 15 is 0 Å². The van der Waals surface area contributed by atoms with Crippen LogP contribution in [0.2, 0.25) is 0 Å². The maximum absolute atomic E-state index is 5.72. The lowest BCUT2D eigenvalue weighted by molar-refractivity contribution is -0.0182. The van der Waals surface area contributed by atoms with Gasteiger partial charge in [-0.25, -0.2) is 0 Å². The molecule has 1 aliphatic heterocycles. The molecule has 106 valence electrons. The molecule has 1 unspecified atom stereocenters. The summed E-state index contributed by atoms with van der Waals surface area (Å²) in [5.41, 5.74) is 2.51. The number of ether oxygens (including phenoxy) is 2. The fourth-order valence-corrected chi connectivity index (χ4v) is 2.36. The summed E-state index contributed by atoms with van der Waals surface area (Å²) in [5.74, 6) is 0. The van der Waals surface area contributed by atoms with E-state index in [9.17, 15) is 0 Å². The summed E-state index contributed by atoms with van der Waals surface area (Å²) in [6.07, 6.45) is 0.306. The molecule has 1 aromatic carbocycles. The SMILES string of the molecule is COCc1cccc(CNCC2CN(C)CCO2)c1. The van der Waals surface area contributed by atoms with Crippen molar-refractivity contribution in [1.29, 1.82) is 0 Å². The summed E-state index contributed by atoms with van der Waals surface area (Å²) in [7, 11) is 3.87. The lowest BCUT2D eigenvalue weighted by atomic mass is 10.1. The standard InChI is InChI=1S/C15H24N2O2/c1-17-6-7-19-15(11-17)10-16-9-13-4-3-5-14(8-13)12-18-2/h3-5,8,15-16H,6-7,9-12H2,1-2H3. The van der Waals surface area contributed by atoms with E-state index in [0.717, 1.165) is 32.8 Å². The Kier molecular flexibility index (Phi) is 5.79. The molecule has 1 atom stereocenters. The van der Waals surface area contributed by atoms with Crippen LogP contribution in [-0.2, 0) is 22.6 Å². The average molecular weight is 264 g/mol. The average Bonchev–Trinajstić information content (AvgIpc) is 2.40. The zero-order chi connectivity index (χ0) is 13.5. The van der Waals surface area contributed by atoms with E-state index in [2.05, 4.69) is 41.5 Å². The smallest absolute Gasteiger partial charge is 0.0826 e. The van der Waals surface area contributed by atoms with E-state index < -0.39 is 0 Å². The number of nitrogens with zero attached hydrogens (tertiary/aromatic N) is 1. The van der Waals surface area contributed by atoms with Crippen molar-refractivity contribution in [1.82, 2.24) is 10.2 Å². The Bertz CT molecular complexity index is 384. The summed E-state index contributed by atoms with van der Waals surface area (Å²) in [6.45, 7) is 5.34. The number of methoxy groups -OCH3 is 1. The molecule has 1 aliphatic rings. The minimum atomic E-state index is 0.306. The van der Waals surface area contributed by atoms with Gasteiger partial charge in [-0.3, -0.25) is 0 Å². The van der Waals surface area contributed by atoms with Crippen LogP contribution in [0.4, 0.5) is 0 Å². The monoisotopic (exact) mass is 264 g/mol. The molecule has 4 nitrogen and oxygen atoms in total. The second-order valence-corrected chi connectivity index (χ2v) is 5.14. The van der Waals surface area contributed by atoms with Crippen molar-refractivity contribution in [3.63, 3.8) is 0 Å². The Morgan fingerprint density at radius 1 is 1.42 bits per heavy atom. The Morgan fingerprint density at radius 3 is 3.05 bits per heavy atom. The van der Waals surface area contributed by atoms with Crippen LogP contribution in [-0.4, -0.2) is 51.4 Å². The van der Waals surface area contributed by atoms with E-state index in [1.54, 1.807) is 7.11 Å². The molecule has 0 aliphatic carbocycles. The lowest BCUT2D eigenvalue weighted by Crippen LogP contribution is -2.44. The molecule has 0 saturated carbocycles. The third kappa shape index (κ3) is 4.91. The molecule has 1 saturated heterocycles. The molecule has 1 aromatic rings. The van der Waals surface area contributed by atoms with Crippen molar-refractivity contribution >= 4 is 0 Å². The normalized spacial score (nSPS) is 20.6. The number of morpholine rings is 1. The molecule has 0 aromatic heterocycles. The van der Waals surface area contributed by atoms with Crippen LogP contribution in [0.25, 0.3) is 0 Å². The molecule has 1 heterocycles. The van der Waals surface area contributed by atoms with Crippen molar-refractivity contribution in [3.05, 3.63) is 35.4 Å². The summed E-state index contributed by atoms with van der Waals surface area (Å²) in [4.78, 5) is 2.31. The summed E-state index contributed by atoms with van der Waals surface area (Å²) < 4.78 is 10.9. The van der Waals surface area contributed by atoms with Crippen molar-refractivity contribution < 1.29 is 9.47 Å². The molecule has 0 radical (unpaired) electrons. The highest BCUT2D eigenvalue weighted by molar-refractivity contribution is 5.22. The number of hydrogen-bond acceptors (Lipinski definition) is 4. The fourth-order valence-electron chi connectivity index (χ4n) is 2.36. The number of hydrogen-bond donors (Lipinski definition) is 1. The molecule has 0 spiro atoms. The van der Waals surface area contributed by atoms with Crippen molar-refractivity contribution in [2.75, 3.05) is 40.4 Å². The second kappa shape index (κ2) is 7.60. The molecule has 0 bridgehead atoms. The number of benzene rings is 1. The summed E-state index contributed by atoms with van der Waals surface area (Å²) in [5, 5.41) is 3.47. The summed E-state index contributed by atoms with van der Waals surface area (Å²) in [6, 6.07) is 8.49. The van der Waals surface area contributed by atoms with Crippen LogP contribution in [0.15, 0.2) is 24.3 Å². The zero-order valence-corrected chi connectivity index (χ0v) is 11.9. The maximum Gasteiger partial charge on any atom is 0.0826 e. The first-order valence-corrected chi connectivity index (χ1v) is 6.85. The van der Waals surface area contributed by atoms with Crippen LogP contribution in [0, 0.1) is 0 Å². The van der Waals surface area contributed by atoms with Gasteiger partial charge in [0.1, 0.15) is 0 Å². The van der Waals surface area contributed by atoms with E-state index in [4.69, 9.17) is 9.47 Å². The van der Waals surface area contributed by atoms with Crippen LogP contribution < -0.4 is 5.32 Å². The van der Waals surface area contributed by atoms with E-state index in [-0.39, 0.29) is 0 Å². The highest BCUT2D eigenvalue weighted by Gasteiger charge is 2.16. The molecule has 2 rings (SSSR count). The van der Waals surface area contributed by atoms with Crippen molar-refractivity contribution in [2.24, 2.45) is 0 Å². The highest BCUT2D eigenvalue weighted by Crippen LogP contribution is 2.07. The molecule has 0 amide bonds. The van der Waals surface area contributed by atoms with E-state index in [0.29, 0.717) is 12.7 Å². The van der Waals surface area contributed by atoms with Crippen LogP contribution in [0.5, 0.6) is 0 Å². The first-order chi connectivity index (χ1) is 9.28. The van der Waals surface area contributed by atoms with Gasteiger partial charge in [-0.05, 0) is 18.2 Å². The molecular formula is C15H24N2O2. The van der Waals surface area contributed by atoms with Gasteiger partial charge in [0.05, 0.1) is 19.3 Å². The van der Waals surface area contributed by atoms with Gasteiger partial charge in [-0.2, -0.15) is 0 Å². The van der Waals surface area contributed by atoms with Crippen molar-refractivity contribution in [2.45, 2.75) is 19.3 Å². The molecule has 1 fully saturated rings. The topological polar surface area (TPSA) is 33.7 Å². The molecule has 1 N–H and O–H groups in total. The molecular weight excluding hydrogens is 240 g/mol. The summed E-state index contributed by atoms with van der Waals surface area (Å²) >= 11 is 0. The Balaban J connectivity index is 1.74. The quantitative estimate of drug-likeness (QED) is 0.838. The van der Waals surface area contributed by atoms with Gasteiger partial charge in [0, 0.05) is 33.3 Å². The van der Waals surface area contributed by atoms with Gasteiger partial charge in [0.2, 0.25) is 0 Å². The Labute approximate surface area is 115 Å². The minimum absolute atomic E-state index is 0.306. The Hall–Kier alpha value is -0.940.